The second kappa shape index (κ2) is 4.17. The van der Waals surface area contributed by atoms with E-state index in [1.54, 1.807) is 11.8 Å². The summed E-state index contributed by atoms with van der Waals surface area (Å²) in [4.78, 5) is 6.94. The maximum absolute atomic E-state index is 4.55. The first-order valence-electron chi connectivity index (χ1n) is 4.50. The minimum Gasteiger partial charge on any atom is -0.349 e. The largest absolute Gasteiger partial charge is 0.349 e. The van der Waals surface area contributed by atoms with Gasteiger partial charge in [0, 0.05) is 13.1 Å². The van der Waals surface area contributed by atoms with Crippen LogP contribution in [0.4, 0.5) is 0 Å². The lowest BCUT2D eigenvalue weighted by Crippen LogP contribution is -2.30. The minimum atomic E-state index is 0.492. The summed E-state index contributed by atoms with van der Waals surface area (Å²) >= 11 is 1.76. The van der Waals surface area contributed by atoms with Gasteiger partial charge in [-0.15, -0.1) is 0 Å². The molecule has 0 aromatic carbocycles. The Kier molecular flexibility index (Phi) is 3.44. The first kappa shape index (κ1) is 9.90. The molecule has 3 heteroatoms. The van der Waals surface area contributed by atoms with E-state index in [-0.39, 0.29) is 0 Å². The summed E-state index contributed by atoms with van der Waals surface area (Å²) in [5.41, 5.74) is 0. The van der Waals surface area contributed by atoms with Crippen LogP contribution < -0.4 is 0 Å². The zero-order chi connectivity index (χ0) is 9.14. The second-order valence-electron chi connectivity index (χ2n) is 3.76. The Morgan fingerprint density at radius 3 is 2.83 bits per heavy atom. The van der Waals surface area contributed by atoms with Crippen LogP contribution in [0.15, 0.2) is 4.99 Å². The predicted octanol–water partition coefficient (Wildman–Crippen LogP) is 2.07. The van der Waals surface area contributed by atoms with Crippen LogP contribution >= 0.6 is 11.8 Å². The summed E-state index contributed by atoms with van der Waals surface area (Å²) in [5.74, 6) is 0.729. The number of amidine groups is 1. The molecule has 1 heterocycles. The minimum absolute atomic E-state index is 0.492. The number of nitrogens with zero attached hydrogens (tertiary/aromatic N) is 2. The molecule has 0 saturated heterocycles. The fraction of sp³-hybridized carbons (Fsp3) is 0.889. The molecule has 1 unspecified atom stereocenters. The number of rotatable bonds is 2. The van der Waals surface area contributed by atoms with E-state index in [2.05, 4.69) is 36.9 Å². The molecule has 70 valence electrons. The highest BCUT2D eigenvalue weighted by Gasteiger charge is 2.21. The maximum Gasteiger partial charge on any atom is 0.159 e. The van der Waals surface area contributed by atoms with Crippen molar-refractivity contribution in [1.29, 1.82) is 0 Å². The highest BCUT2D eigenvalue weighted by atomic mass is 32.2. The average molecular weight is 186 g/mol. The molecule has 1 rings (SSSR count). The van der Waals surface area contributed by atoms with Gasteiger partial charge in [-0.1, -0.05) is 25.6 Å². The maximum atomic E-state index is 4.55. The van der Waals surface area contributed by atoms with Gasteiger partial charge < -0.3 is 4.90 Å². The summed E-state index contributed by atoms with van der Waals surface area (Å²) in [6.07, 6.45) is 2.10. The fourth-order valence-electron chi connectivity index (χ4n) is 1.48. The molecule has 0 aliphatic carbocycles. The molecule has 12 heavy (non-hydrogen) atoms. The van der Waals surface area contributed by atoms with Gasteiger partial charge in [-0.3, -0.25) is 4.99 Å². The van der Waals surface area contributed by atoms with E-state index in [0.717, 1.165) is 19.0 Å². The number of thioether (sulfide) groups is 1. The van der Waals surface area contributed by atoms with Crippen molar-refractivity contribution in [2.75, 3.05) is 19.3 Å². The Hall–Kier alpha value is -0.180. The van der Waals surface area contributed by atoms with Crippen molar-refractivity contribution in [2.24, 2.45) is 10.9 Å². The summed E-state index contributed by atoms with van der Waals surface area (Å²) < 4.78 is 0. The van der Waals surface area contributed by atoms with Gasteiger partial charge in [0.05, 0.1) is 6.04 Å². The average Bonchev–Trinajstić information content (AvgIpc) is 2.29. The lowest BCUT2D eigenvalue weighted by Gasteiger charge is -2.21. The van der Waals surface area contributed by atoms with Crippen molar-refractivity contribution in [3.63, 3.8) is 0 Å². The van der Waals surface area contributed by atoms with E-state index in [1.807, 2.05) is 0 Å². The molecule has 0 saturated carbocycles. The molecule has 0 radical (unpaired) electrons. The van der Waals surface area contributed by atoms with Crippen molar-refractivity contribution >= 4 is 16.9 Å². The van der Waals surface area contributed by atoms with Crippen LogP contribution in [0.5, 0.6) is 0 Å². The molecule has 0 bridgehead atoms. The lowest BCUT2D eigenvalue weighted by atomic mass is 10.2. The van der Waals surface area contributed by atoms with Crippen molar-refractivity contribution in [3.8, 4) is 0 Å². The summed E-state index contributed by atoms with van der Waals surface area (Å²) in [6.45, 7) is 8.93. The first-order chi connectivity index (χ1) is 5.63. The van der Waals surface area contributed by atoms with Crippen molar-refractivity contribution < 1.29 is 0 Å². The summed E-state index contributed by atoms with van der Waals surface area (Å²) in [5, 5.41) is 1.22. The molecule has 0 amide bonds. The standard InChI is InChI=1S/C9H18N2S/c1-7(2)5-11-6-8(3)10-9(11)12-4/h7-8H,5-6H2,1-4H3. The molecule has 2 nitrogen and oxygen atoms in total. The molecule has 0 aromatic heterocycles. The third kappa shape index (κ3) is 2.41. The van der Waals surface area contributed by atoms with E-state index in [1.165, 1.54) is 5.17 Å². The monoisotopic (exact) mass is 186 g/mol. The molecule has 0 spiro atoms. The van der Waals surface area contributed by atoms with E-state index >= 15 is 0 Å². The van der Waals surface area contributed by atoms with Gasteiger partial charge in [0.25, 0.3) is 0 Å². The third-order valence-electron chi connectivity index (χ3n) is 1.85. The Balaban J connectivity index is 2.50. The Labute approximate surface area is 79.4 Å². The van der Waals surface area contributed by atoms with Crippen molar-refractivity contribution in [2.45, 2.75) is 26.8 Å². The second-order valence-corrected chi connectivity index (χ2v) is 4.54. The van der Waals surface area contributed by atoms with Gasteiger partial charge in [-0.2, -0.15) is 0 Å². The zero-order valence-corrected chi connectivity index (χ0v) is 9.19. The van der Waals surface area contributed by atoms with Crippen LogP contribution in [-0.4, -0.2) is 35.5 Å². The number of aliphatic imine (C=N–C) groups is 1. The van der Waals surface area contributed by atoms with E-state index in [0.29, 0.717) is 6.04 Å². The van der Waals surface area contributed by atoms with Crippen molar-refractivity contribution in [3.05, 3.63) is 0 Å². The zero-order valence-electron chi connectivity index (χ0n) is 8.37. The number of hydrogen-bond donors (Lipinski definition) is 0. The topological polar surface area (TPSA) is 15.6 Å². The number of hydrogen-bond acceptors (Lipinski definition) is 3. The summed E-state index contributed by atoms with van der Waals surface area (Å²) in [6, 6.07) is 0.492. The lowest BCUT2D eigenvalue weighted by molar-refractivity contribution is 0.381. The molecular formula is C9H18N2S. The van der Waals surface area contributed by atoms with Crippen LogP contribution in [0.3, 0.4) is 0 Å². The molecule has 1 aliphatic heterocycles. The van der Waals surface area contributed by atoms with Crippen LogP contribution in [0.2, 0.25) is 0 Å². The molecule has 0 aromatic rings. The van der Waals surface area contributed by atoms with Gasteiger partial charge in [0.1, 0.15) is 0 Å². The van der Waals surface area contributed by atoms with Crippen molar-refractivity contribution in [1.82, 2.24) is 4.90 Å². The molecule has 0 fully saturated rings. The third-order valence-corrected chi connectivity index (χ3v) is 2.58. The van der Waals surface area contributed by atoms with Crippen LogP contribution in [0.1, 0.15) is 20.8 Å². The van der Waals surface area contributed by atoms with E-state index in [9.17, 15) is 0 Å². The summed E-state index contributed by atoms with van der Waals surface area (Å²) in [7, 11) is 0. The Morgan fingerprint density at radius 2 is 2.33 bits per heavy atom. The van der Waals surface area contributed by atoms with Gasteiger partial charge >= 0.3 is 0 Å². The van der Waals surface area contributed by atoms with Crippen LogP contribution in [-0.2, 0) is 0 Å². The fourth-order valence-corrected chi connectivity index (χ4v) is 2.18. The highest BCUT2D eigenvalue weighted by molar-refractivity contribution is 8.13. The molecule has 0 N–H and O–H groups in total. The van der Waals surface area contributed by atoms with Gasteiger partial charge in [-0.25, -0.2) is 0 Å². The highest BCUT2D eigenvalue weighted by Crippen LogP contribution is 2.17. The van der Waals surface area contributed by atoms with E-state index < -0.39 is 0 Å². The van der Waals surface area contributed by atoms with Crippen LogP contribution in [0, 0.1) is 5.92 Å². The smallest absolute Gasteiger partial charge is 0.159 e. The molecular weight excluding hydrogens is 168 g/mol. The first-order valence-corrected chi connectivity index (χ1v) is 5.72. The SMILES string of the molecule is CSC1=NC(C)CN1CC(C)C. The quantitative estimate of drug-likeness (QED) is 0.656. The molecule has 1 aliphatic rings. The van der Waals surface area contributed by atoms with Gasteiger partial charge in [0.2, 0.25) is 0 Å². The van der Waals surface area contributed by atoms with Gasteiger partial charge in [-0.05, 0) is 19.1 Å². The normalized spacial score (nSPS) is 23.6. The Bertz CT molecular complexity index is 177. The van der Waals surface area contributed by atoms with Gasteiger partial charge in [0.15, 0.2) is 5.17 Å². The van der Waals surface area contributed by atoms with E-state index in [4.69, 9.17) is 0 Å². The molecule has 1 atom stereocenters. The van der Waals surface area contributed by atoms with Crippen LogP contribution in [0.25, 0.3) is 0 Å². The Morgan fingerprint density at radius 1 is 1.67 bits per heavy atom. The predicted molar refractivity (Wildman–Crippen MR) is 56.8 cm³/mol.